The molecule has 0 radical (unpaired) electrons. The van der Waals surface area contributed by atoms with Crippen LogP contribution in [-0.2, 0) is 10.8 Å². The van der Waals surface area contributed by atoms with Crippen LogP contribution in [0.15, 0.2) is 121 Å². The number of hydrogen-bond acceptors (Lipinski definition) is 1. The fourth-order valence-corrected chi connectivity index (χ4v) is 8.09. The highest BCUT2D eigenvalue weighted by molar-refractivity contribution is 6.01. The third-order valence-corrected chi connectivity index (χ3v) is 10.4. The van der Waals surface area contributed by atoms with E-state index in [-0.39, 0.29) is 10.8 Å². The smallest absolute Gasteiger partial charge is 0.0540 e. The SMILES string of the molecule is CC(C)c1ccc(N(c2ccc3c(c2)C(C)(C)c2ccccc2-3)c2ccc3c(c2)C(C)(C)c2ccccc2-3)c2ccccc12. The lowest BCUT2D eigenvalue weighted by molar-refractivity contribution is 0.660. The van der Waals surface area contributed by atoms with Crippen LogP contribution in [0.1, 0.15) is 75.3 Å². The van der Waals surface area contributed by atoms with Crippen LogP contribution in [0, 0.1) is 0 Å². The summed E-state index contributed by atoms with van der Waals surface area (Å²) in [4.78, 5) is 2.51. The largest absolute Gasteiger partial charge is 0.310 e. The average Bonchev–Trinajstić information content (AvgIpc) is 3.40. The molecule has 0 saturated carbocycles. The molecule has 0 amide bonds. The van der Waals surface area contributed by atoms with Gasteiger partial charge in [-0.3, -0.25) is 0 Å². The van der Waals surface area contributed by atoms with Crippen molar-refractivity contribution in [2.75, 3.05) is 4.90 Å². The maximum atomic E-state index is 2.51. The van der Waals surface area contributed by atoms with Crippen LogP contribution in [0.2, 0.25) is 0 Å². The molecule has 0 N–H and O–H groups in total. The molecule has 0 heterocycles. The Morgan fingerprint density at radius 3 is 1.43 bits per heavy atom. The Morgan fingerprint density at radius 1 is 0.455 bits per heavy atom. The van der Waals surface area contributed by atoms with Gasteiger partial charge in [0, 0.05) is 27.6 Å². The molecule has 0 fully saturated rings. The van der Waals surface area contributed by atoms with Crippen molar-refractivity contribution in [3.63, 3.8) is 0 Å². The first-order valence-electron chi connectivity index (χ1n) is 16.0. The van der Waals surface area contributed by atoms with E-state index in [4.69, 9.17) is 0 Å². The van der Waals surface area contributed by atoms with E-state index in [0.717, 1.165) is 0 Å². The van der Waals surface area contributed by atoms with Gasteiger partial charge in [-0.2, -0.15) is 0 Å². The molecule has 216 valence electrons. The Hall–Kier alpha value is -4.62. The van der Waals surface area contributed by atoms with Gasteiger partial charge in [0.15, 0.2) is 0 Å². The fourth-order valence-electron chi connectivity index (χ4n) is 8.09. The summed E-state index contributed by atoms with van der Waals surface area (Å²) in [5.74, 6) is 0.445. The Balaban J connectivity index is 1.38. The lowest BCUT2D eigenvalue weighted by Crippen LogP contribution is -2.18. The van der Waals surface area contributed by atoms with Gasteiger partial charge in [0.25, 0.3) is 0 Å². The zero-order valence-corrected chi connectivity index (χ0v) is 26.6. The summed E-state index contributed by atoms with van der Waals surface area (Å²) < 4.78 is 0. The number of nitrogens with zero attached hydrogens (tertiary/aromatic N) is 1. The van der Waals surface area contributed by atoms with Gasteiger partial charge >= 0.3 is 0 Å². The molecular weight excluding hydrogens is 530 g/mol. The van der Waals surface area contributed by atoms with Crippen molar-refractivity contribution in [2.24, 2.45) is 0 Å². The van der Waals surface area contributed by atoms with Gasteiger partial charge in [-0.1, -0.05) is 133 Å². The molecule has 0 aliphatic heterocycles. The molecule has 0 saturated heterocycles. The van der Waals surface area contributed by atoms with Gasteiger partial charge in [-0.15, -0.1) is 0 Å². The van der Waals surface area contributed by atoms with Gasteiger partial charge in [-0.05, 0) is 91.7 Å². The van der Waals surface area contributed by atoms with Gasteiger partial charge in [-0.25, -0.2) is 0 Å². The van der Waals surface area contributed by atoms with E-state index in [0.29, 0.717) is 5.92 Å². The number of rotatable bonds is 4. The van der Waals surface area contributed by atoms with Crippen LogP contribution >= 0.6 is 0 Å². The molecule has 1 nitrogen and oxygen atoms in total. The van der Waals surface area contributed by atoms with Crippen LogP contribution in [0.3, 0.4) is 0 Å². The molecule has 2 aliphatic carbocycles. The summed E-state index contributed by atoms with van der Waals surface area (Å²) in [6.07, 6.45) is 0. The monoisotopic (exact) mass is 569 g/mol. The minimum absolute atomic E-state index is 0.0707. The summed E-state index contributed by atoms with van der Waals surface area (Å²) in [7, 11) is 0. The highest BCUT2D eigenvalue weighted by atomic mass is 15.1. The Bertz CT molecular complexity index is 2000. The Morgan fingerprint density at radius 2 is 0.909 bits per heavy atom. The van der Waals surface area contributed by atoms with E-state index < -0.39 is 0 Å². The van der Waals surface area contributed by atoms with Crippen LogP contribution in [0.5, 0.6) is 0 Å². The molecule has 0 aromatic heterocycles. The molecule has 6 aromatic carbocycles. The molecule has 0 bridgehead atoms. The van der Waals surface area contributed by atoms with Crippen molar-refractivity contribution < 1.29 is 0 Å². The number of benzene rings is 6. The third kappa shape index (κ3) is 3.72. The van der Waals surface area contributed by atoms with Crippen LogP contribution < -0.4 is 4.90 Å². The van der Waals surface area contributed by atoms with E-state index in [1.807, 2.05) is 0 Å². The molecule has 2 aliphatic rings. The fraction of sp³-hybridized carbons (Fsp3) is 0.209. The van der Waals surface area contributed by atoms with Crippen molar-refractivity contribution in [3.8, 4) is 22.3 Å². The van der Waals surface area contributed by atoms with Crippen molar-refractivity contribution in [1.82, 2.24) is 0 Å². The maximum absolute atomic E-state index is 2.51. The zero-order chi connectivity index (χ0) is 30.4. The first-order valence-corrected chi connectivity index (χ1v) is 16.0. The van der Waals surface area contributed by atoms with Gasteiger partial charge in [0.1, 0.15) is 0 Å². The minimum Gasteiger partial charge on any atom is -0.310 e. The molecular formula is C43H39N. The van der Waals surface area contributed by atoms with Gasteiger partial charge < -0.3 is 4.90 Å². The van der Waals surface area contributed by atoms with Crippen LogP contribution in [-0.4, -0.2) is 0 Å². The lowest BCUT2D eigenvalue weighted by Gasteiger charge is -2.31. The van der Waals surface area contributed by atoms with E-state index in [2.05, 4.69) is 168 Å². The van der Waals surface area contributed by atoms with Crippen molar-refractivity contribution in [3.05, 3.63) is 149 Å². The molecule has 8 rings (SSSR count). The maximum Gasteiger partial charge on any atom is 0.0540 e. The number of hydrogen-bond donors (Lipinski definition) is 0. The van der Waals surface area contributed by atoms with Gasteiger partial charge in [0.05, 0.1) is 5.69 Å². The Kier molecular flexibility index (Phi) is 5.78. The molecule has 44 heavy (non-hydrogen) atoms. The second-order valence-electron chi connectivity index (χ2n) is 14.0. The van der Waals surface area contributed by atoms with Crippen molar-refractivity contribution >= 4 is 27.8 Å². The standard InChI is InChI=1S/C43H39N/c1-27(2)30-23-24-41(36-16-8-7-13-31(30)36)44(28-19-21-34-32-14-9-11-17-37(32)42(3,4)39(34)25-28)29-20-22-35-33-15-10-12-18-38(33)43(5,6)40(35)26-29/h7-27H,1-6H3. The molecule has 0 spiro atoms. The number of anilines is 3. The van der Waals surface area contributed by atoms with Crippen molar-refractivity contribution in [1.29, 1.82) is 0 Å². The summed E-state index contributed by atoms with van der Waals surface area (Å²) in [6.45, 7) is 14.1. The molecule has 6 aromatic rings. The quantitative estimate of drug-likeness (QED) is 0.204. The predicted octanol–water partition coefficient (Wildman–Crippen LogP) is 12.0. The molecule has 0 atom stereocenters. The van der Waals surface area contributed by atoms with E-state index in [9.17, 15) is 0 Å². The summed E-state index contributed by atoms with van der Waals surface area (Å²) >= 11 is 0. The number of fused-ring (bicyclic) bond motifs is 7. The average molecular weight is 570 g/mol. The predicted molar refractivity (Wildman–Crippen MR) is 188 cm³/mol. The normalized spacial score (nSPS) is 15.2. The second kappa shape index (κ2) is 9.44. The summed E-state index contributed by atoms with van der Waals surface area (Å²) in [5, 5.41) is 2.61. The second-order valence-corrected chi connectivity index (χ2v) is 14.0. The third-order valence-electron chi connectivity index (χ3n) is 10.4. The van der Waals surface area contributed by atoms with Gasteiger partial charge in [0.2, 0.25) is 0 Å². The van der Waals surface area contributed by atoms with Crippen molar-refractivity contribution in [2.45, 2.75) is 58.3 Å². The van der Waals surface area contributed by atoms with E-state index in [1.165, 1.54) is 77.9 Å². The van der Waals surface area contributed by atoms with E-state index in [1.54, 1.807) is 0 Å². The first-order chi connectivity index (χ1) is 21.2. The lowest BCUT2D eigenvalue weighted by atomic mass is 9.82. The topological polar surface area (TPSA) is 3.24 Å². The Labute approximate surface area is 261 Å². The van der Waals surface area contributed by atoms with E-state index >= 15 is 0 Å². The summed E-state index contributed by atoms with van der Waals surface area (Å²) in [5.41, 5.74) is 15.8. The van der Waals surface area contributed by atoms with Crippen LogP contribution in [0.4, 0.5) is 17.1 Å². The van der Waals surface area contributed by atoms with Crippen LogP contribution in [0.25, 0.3) is 33.0 Å². The zero-order valence-electron chi connectivity index (χ0n) is 26.6. The highest BCUT2D eigenvalue weighted by Gasteiger charge is 2.37. The summed E-state index contributed by atoms with van der Waals surface area (Å²) in [6, 6.07) is 45.7. The molecule has 0 unspecified atom stereocenters. The minimum atomic E-state index is -0.0707. The highest BCUT2D eigenvalue weighted by Crippen LogP contribution is 2.53. The first kappa shape index (κ1) is 27.0. The molecule has 1 heteroatoms.